The number of benzene rings is 3. The van der Waals surface area contributed by atoms with Gasteiger partial charge in [0.05, 0.1) is 41.7 Å². The number of ether oxygens (including phenoxy) is 7. The number of hydrogen-bond acceptors (Lipinski definition) is 16. The molecule has 114 heavy (non-hydrogen) atoms. The molecular formula is C86H130F9N3O16. The lowest BCUT2D eigenvalue weighted by Crippen LogP contribution is -2.36. The molecule has 10 N–H and O–H groups in total. The number of carbonyl (C=O) groups is 3. The molecule has 0 spiro atoms. The Balaban J connectivity index is 0.000000226. The number of fused-ring (bicyclic) bond motifs is 6. The summed E-state index contributed by atoms with van der Waals surface area (Å²) in [6, 6.07) is 17.2. The molecule has 5 fully saturated rings. The molecule has 0 aromatic heterocycles. The third-order valence-corrected chi connectivity index (χ3v) is 23.8. The molecule has 2 heterocycles. The normalized spacial score (nSPS) is 26.1. The van der Waals surface area contributed by atoms with Crippen molar-refractivity contribution < 1.29 is 118 Å². The number of unbranched alkanes of at least 4 members (excludes halogenated alkanes) is 6. The topological polar surface area (TPSA) is 287 Å². The second kappa shape index (κ2) is 46.7. The first-order valence-electron chi connectivity index (χ1n) is 41.9. The molecule has 2 unspecified atom stereocenters. The van der Waals surface area contributed by atoms with Gasteiger partial charge in [-0.2, -0.15) is 39.5 Å². The van der Waals surface area contributed by atoms with Crippen LogP contribution in [0.15, 0.2) is 54.6 Å². The molecule has 0 radical (unpaired) electrons. The zero-order valence-electron chi connectivity index (χ0n) is 67.4. The third-order valence-electron chi connectivity index (χ3n) is 23.8. The fraction of sp³-hybridized carbons (Fsp3) is 0.756. The van der Waals surface area contributed by atoms with Crippen LogP contribution in [-0.4, -0.2) is 174 Å². The molecule has 0 bridgehead atoms. The van der Waals surface area contributed by atoms with Crippen molar-refractivity contribution in [3.8, 4) is 17.2 Å². The van der Waals surface area contributed by atoms with Crippen LogP contribution in [0.4, 0.5) is 39.5 Å². The summed E-state index contributed by atoms with van der Waals surface area (Å²) in [6.45, 7) is 2.86. The maximum absolute atomic E-state index is 12.4. The van der Waals surface area contributed by atoms with Gasteiger partial charge in [0, 0.05) is 20.3 Å². The summed E-state index contributed by atoms with van der Waals surface area (Å²) in [5.41, 5.74) is 8.59. The van der Waals surface area contributed by atoms with Gasteiger partial charge < -0.3 is 80.2 Å². The highest BCUT2D eigenvalue weighted by Gasteiger charge is 2.50. The average Bonchev–Trinajstić information content (AvgIpc) is 1.63. The summed E-state index contributed by atoms with van der Waals surface area (Å²) in [7, 11) is 1.00. The smallest absolute Gasteiger partial charge is 0.405 e. The lowest BCUT2D eigenvalue weighted by atomic mass is 9.77. The van der Waals surface area contributed by atoms with E-state index in [9.17, 15) is 74.3 Å². The van der Waals surface area contributed by atoms with E-state index in [1.54, 1.807) is 12.1 Å². The van der Waals surface area contributed by atoms with Gasteiger partial charge in [-0.3, -0.25) is 9.59 Å². The first-order chi connectivity index (χ1) is 54.2. The van der Waals surface area contributed by atoms with Gasteiger partial charge >= 0.3 is 24.5 Å². The van der Waals surface area contributed by atoms with Gasteiger partial charge in [-0.05, 0) is 260 Å². The Labute approximate surface area is 667 Å². The molecule has 3 saturated carbocycles. The van der Waals surface area contributed by atoms with Crippen LogP contribution in [0.25, 0.3) is 0 Å². The number of nitrogens with two attached hydrogens (primary N) is 1. The number of aliphatic carboxylic acids is 1. The van der Waals surface area contributed by atoms with E-state index in [1.807, 2.05) is 47.0 Å². The summed E-state index contributed by atoms with van der Waals surface area (Å²) in [5, 5.41) is 64.3. The fourth-order valence-corrected chi connectivity index (χ4v) is 18.2. The maximum Gasteiger partial charge on any atom is 0.405 e. The van der Waals surface area contributed by atoms with Gasteiger partial charge in [0.25, 0.3) is 11.8 Å². The maximum atomic E-state index is 12.4. The summed E-state index contributed by atoms with van der Waals surface area (Å²) in [4.78, 5) is 34.5. The quantitative estimate of drug-likeness (QED) is 0.0193. The molecular weight excluding hydrogens is 1500 g/mol. The van der Waals surface area contributed by atoms with Crippen molar-refractivity contribution in [1.29, 1.82) is 0 Å². The Kier molecular flexibility index (Phi) is 39.2. The van der Waals surface area contributed by atoms with E-state index in [0.29, 0.717) is 91.8 Å². The average molecular weight is 1630 g/mol. The minimum Gasteiger partial charge on any atom is -0.483 e. The second-order valence-electron chi connectivity index (χ2n) is 33.1. The number of amides is 2. The minimum atomic E-state index is -4.46. The van der Waals surface area contributed by atoms with Gasteiger partial charge in [0.15, 0.2) is 32.4 Å². The summed E-state index contributed by atoms with van der Waals surface area (Å²) < 4.78 is 147. The van der Waals surface area contributed by atoms with Gasteiger partial charge in [-0.1, -0.05) is 115 Å². The van der Waals surface area contributed by atoms with E-state index >= 15 is 0 Å². The molecule has 11 rings (SSSR count). The molecule has 3 aromatic rings. The predicted octanol–water partition coefficient (Wildman–Crippen LogP) is 15.6. The number of carboxylic acid groups (broad SMARTS) is 1. The van der Waals surface area contributed by atoms with Crippen molar-refractivity contribution in [1.82, 2.24) is 10.6 Å². The van der Waals surface area contributed by atoms with Crippen molar-refractivity contribution in [3.63, 3.8) is 0 Å². The Morgan fingerprint density at radius 1 is 0.474 bits per heavy atom. The Hall–Kier alpha value is -5.56. The molecule has 3 aromatic carbocycles. The van der Waals surface area contributed by atoms with E-state index in [4.69, 9.17) is 43.4 Å². The highest BCUT2D eigenvalue weighted by atomic mass is 19.4. The minimum absolute atomic E-state index is 0.0834. The number of carbonyl (C=O) groups excluding carboxylic acids is 2. The lowest BCUT2D eigenvalue weighted by molar-refractivity contribution is -0.193. The lowest BCUT2D eigenvalue weighted by Gasteiger charge is -2.30. The largest absolute Gasteiger partial charge is 0.483 e. The SMILES string of the molecule is CCCCC[C@@H](O)CC[C@]1(O)C[C@H]2Cc3cccc(OCC(=O)NCC(F)(F)F)c3C[C@H]2C1.CCCCC[C@H](CC[C@]1(O)C[C@H]2Cc3cccc(OCC(=O)NCC(F)(F)F)c3C[C@H]2C1)OC1CCCCO1.CCCCC[C@H](CC[C@]1(O)C[C@H]2Cc3cccc(OCC(=O)O)c3C[C@H]2C1)OC1CCCCO1.CO.NCC(F)(F)F. The van der Waals surface area contributed by atoms with E-state index in [0.717, 1.165) is 209 Å². The first-order valence-corrected chi connectivity index (χ1v) is 41.9. The Morgan fingerprint density at radius 3 is 1.11 bits per heavy atom. The Morgan fingerprint density at radius 2 is 0.798 bits per heavy atom. The fourth-order valence-electron chi connectivity index (χ4n) is 18.2. The third kappa shape index (κ3) is 33.0. The van der Waals surface area contributed by atoms with Crippen LogP contribution in [0.5, 0.6) is 17.2 Å². The van der Waals surface area contributed by atoms with E-state index in [1.165, 1.54) is 31.2 Å². The molecule has 8 aliphatic rings. The van der Waals surface area contributed by atoms with Crippen molar-refractivity contribution in [2.75, 3.05) is 59.8 Å². The van der Waals surface area contributed by atoms with Gasteiger partial charge in [0.1, 0.15) is 30.3 Å². The zero-order chi connectivity index (χ0) is 83.1. The summed E-state index contributed by atoms with van der Waals surface area (Å²) in [5.74, 6) is 1.35. The Bertz CT molecular complexity index is 3340. The van der Waals surface area contributed by atoms with Gasteiger partial charge in [-0.15, -0.1) is 0 Å². The number of carboxylic acids is 1. The van der Waals surface area contributed by atoms with Crippen LogP contribution in [0.2, 0.25) is 0 Å². The van der Waals surface area contributed by atoms with Crippen LogP contribution in [0.1, 0.15) is 247 Å². The molecule has 6 aliphatic carbocycles. The highest BCUT2D eigenvalue weighted by molar-refractivity contribution is 5.78. The van der Waals surface area contributed by atoms with E-state index in [-0.39, 0.29) is 43.4 Å². The van der Waals surface area contributed by atoms with Crippen LogP contribution in [-0.2, 0) is 71.9 Å². The molecule has 28 heteroatoms. The van der Waals surface area contributed by atoms with Crippen LogP contribution in [0, 0.1) is 35.5 Å². The highest BCUT2D eigenvalue weighted by Crippen LogP contribution is 2.53. The molecule has 14 atom stereocenters. The number of rotatable bonds is 36. The molecule has 648 valence electrons. The number of hydrogen-bond donors (Lipinski definition) is 9. The molecule has 19 nitrogen and oxygen atoms in total. The van der Waals surface area contributed by atoms with Crippen LogP contribution < -0.4 is 30.6 Å². The molecule has 2 saturated heterocycles. The number of halogens is 9. The van der Waals surface area contributed by atoms with Crippen LogP contribution >= 0.6 is 0 Å². The van der Waals surface area contributed by atoms with Crippen molar-refractivity contribution in [2.24, 2.45) is 41.2 Å². The number of aliphatic hydroxyl groups is 5. The first kappa shape index (κ1) is 95.6. The predicted molar refractivity (Wildman–Crippen MR) is 414 cm³/mol. The monoisotopic (exact) mass is 1630 g/mol. The number of alkyl halides is 9. The molecule has 2 aliphatic heterocycles. The van der Waals surface area contributed by atoms with Gasteiger partial charge in [-0.25, -0.2) is 4.79 Å². The summed E-state index contributed by atoms with van der Waals surface area (Å²) in [6.07, 6.45) is 19.7. The van der Waals surface area contributed by atoms with Crippen molar-refractivity contribution >= 4 is 17.8 Å². The van der Waals surface area contributed by atoms with Crippen molar-refractivity contribution in [3.05, 3.63) is 88.0 Å². The van der Waals surface area contributed by atoms with E-state index in [2.05, 4.69) is 32.6 Å². The summed E-state index contributed by atoms with van der Waals surface area (Å²) >= 11 is 0. The van der Waals surface area contributed by atoms with Crippen LogP contribution in [0.3, 0.4) is 0 Å². The molecule has 2 amide bonds. The number of aliphatic hydroxyl groups excluding tert-OH is 2. The van der Waals surface area contributed by atoms with Crippen molar-refractivity contribution in [2.45, 2.75) is 318 Å². The number of nitrogens with one attached hydrogen (secondary N) is 2. The van der Waals surface area contributed by atoms with E-state index < -0.39 is 86.0 Å². The zero-order valence-corrected chi connectivity index (χ0v) is 67.4. The van der Waals surface area contributed by atoms with Gasteiger partial charge in [0.2, 0.25) is 0 Å². The standard InChI is InChI=1S/C30H44F3NO5.C28H42O6.C25H36F3NO4.C2H4F3N.CH4O/c1-2-3-4-9-24(39-28-11-5-6-14-37-28)12-13-29(36)17-22-15-21-8-7-10-26(25(21)16-23(22)18-29)38-19-27(35)34-20-30(31,32)33;1-2-3-4-9-23(34-27-11-5-6-14-32-27)12-13-28(31)17-21-15-20-8-7-10-25(33-19-26(29)30)24(20)16-22(21)18-28;1-2-3-4-7-20(30)9-10-24(32)13-18-11-17-6-5-8-22(21(17)12-19(18)14-24)33-15-23(31)29-16-25(26,27)28;3-2(4,5)1-6;1-2/h7-8,10,22-24,28,36H,2-6,9,11-20H2,1H3,(H,34,35);7-8,10,21-23,27,31H,2-6,9,11-19H2,1H3,(H,29,30);5-6,8,18-20,30,32H,2-4,7,9-16H2,1H3,(H,29,31);1,6H2;2H,1H3/t22-,23+,24-,28?,29+;21-,22+,23-,27?,28+;18-,19+,20-,24+;;/m111../s1. The second-order valence-corrected chi connectivity index (χ2v) is 33.1.